The van der Waals surface area contributed by atoms with Crippen molar-refractivity contribution in [3.8, 4) is 5.82 Å². The second-order valence-corrected chi connectivity index (χ2v) is 6.33. The molecular formula is C21H18N6O2. The maximum Gasteiger partial charge on any atom is 0.251 e. The molecule has 29 heavy (non-hydrogen) atoms. The number of aromatic nitrogens is 4. The summed E-state index contributed by atoms with van der Waals surface area (Å²) in [5.74, 6) is 0.0185. The topological polar surface area (TPSA) is 102 Å². The third-order valence-electron chi connectivity index (χ3n) is 4.35. The lowest BCUT2D eigenvalue weighted by Crippen LogP contribution is -2.27. The largest absolute Gasteiger partial charge is 0.352 e. The number of fused-ring (bicyclic) bond motifs is 1. The van der Waals surface area contributed by atoms with Crippen LogP contribution >= 0.6 is 0 Å². The summed E-state index contributed by atoms with van der Waals surface area (Å²) in [7, 11) is 0. The van der Waals surface area contributed by atoms with Crippen LogP contribution in [-0.2, 0) is 4.79 Å². The fourth-order valence-electron chi connectivity index (χ4n) is 2.93. The van der Waals surface area contributed by atoms with Gasteiger partial charge in [-0.25, -0.2) is 14.6 Å². The normalized spacial score (nSPS) is 10.6. The maximum absolute atomic E-state index is 12.4. The molecule has 0 atom stereocenters. The first-order chi connectivity index (χ1) is 14.2. The Morgan fingerprint density at radius 3 is 2.69 bits per heavy atom. The molecule has 4 rings (SSSR count). The molecule has 2 N–H and O–H groups in total. The molecule has 2 aromatic carbocycles. The van der Waals surface area contributed by atoms with Crippen molar-refractivity contribution in [1.29, 1.82) is 0 Å². The highest BCUT2D eigenvalue weighted by molar-refractivity contribution is 5.99. The van der Waals surface area contributed by atoms with Crippen LogP contribution in [-0.4, -0.2) is 38.1 Å². The molecule has 8 nitrogen and oxygen atoms in total. The predicted molar refractivity (Wildman–Crippen MR) is 109 cm³/mol. The predicted octanol–water partition coefficient (Wildman–Crippen LogP) is 2.57. The third-order valence-corrected chi connectivity index (χ3v) is 4.35. The average molecular weight is 386 g/mol. The summed E-state index contributed by atoms with van der Waals surface area (Å²) in [6.45, 7) is 0.219. The van der Waals surface area contributed by atoms with Crippen LogP contribution in [0, 0.1) is 0 Å². The van der Waals surface area contributed by atoms with Crippen molar-refractivity contribution in [2.24, 2.45) is 0 Å². The second-order valence-electron chi connectivity index (χ2n) is 6.33. The van der Waals surface area contributed by atoms with E-state index in [0.717, 1.165) is 10.8 Å². The van der Waals surface area contributed by atoms with E-state index in [1.807, 2.05) is 36.4 Å². The molecule has 4 aromatic rings. The van der Waals surface area contributed by atoms with Crippen molar-refractivity contribution < 1.29 is 9.59 Å². The van der Waals surface area contributed by atoms with Gasteiger partial charge in [-0.15, -0.1) is 0 Å². The molecule has 2 amide bonds. The van der Waals surface area contributed by atoms with Crippen LogP contribution in [0.3, 0.4) is 0 Å². The molecule has 0 aliphatic rings. The molecule has 0 spiro atoms. The highest BCUT2D eigenvalue weighted by Crippen LogP contribution is 2.17. The van der Waals surface area contributed by atoms with Gasteiger partial charge in [0.15, 0.2) is 5.82 Å². The molecule has 144 valence electrons. The standard InChI is InChI=1S/C21H18N6O2/c28-19(26-18-6-3-10-23-20(18)27-14-22-13-25-27)9-11-24-21(29)17-8-7-15-4-1-2-5-16(15)12-17/h1-8,10,12-14H,9,11H2,(H,24,29)(H,26,28). The lowest BCUT2D eigenvalue weighted by atomic mass is 10.1. The van der Waals surface area contributed by atoms with E-state index in [9.17, 15) is 9.59 Å². The zero-order valence-corrected chi connectivity index (χ0v) is 15.4. The van der Waals surface area contributed by atoms with Crippen molar-refractivity contribution in [1.82, 2.24) is 25.1 Å². The number of rotatable bonds is 6. The van der Waals surface area contributed by atoms with Crippen molar-refractivity contribution in [2.45, 2.75) is 6.42 Å². The average Bonchev–Trinajstić information content (AvgIpc) is 3.28. The quantitative estimate of drug-likeness (QED) is 0.530. The highest BCUT2D eigenvalue weighted by atomic mass is 16.2. The number of nitrogens with one attached hydrogen (secondary N) is 2. The minimum absolute atomic E-state index is 0.130. The Kier molecular flexibility index (Phi) is 5.24. The number of carbonyl (C=O) groups excluding carboxylic acids is 2. The van der Waals surface area contributed by atoms with Gasteiger partial charge in [-0.05, 0) is 35.0 Å². The molecule has 0 saturated heterocycles. The number of benzene rings is 2. The Balaban J connectivity index is 1.34. The van der Waals surface area contributed by atoms with E-state index in [1.165, 1.54) is 17.3 Å². The first-order valence-corrected chi connectivity index (χ1v) is 9.07. The third kappa shape index (κ3) is 4.27. The zero-order chi connectivity index (χ0) is 20.1. The molecule has 2 heterocycles. The van der Waals surface area contributed by atoms with E-state index in [1.54, 1.807) is 24.4 Å². The van der Waals surface area contributed by atoms with Gasteiger partial charge in [-0.3, -0.25) is 9.59 Å². The summed E-state index contributed by atoms with van der Waals surface area (Å²) in [6.07, 6.45) is 4.63. The van der Waals surface area contributed by atoms with Gasteiger partial charge in [-0.1, -0.05) is 30.3 Å². The fourth-order valence-corrected chi connectivity index (χ4v) is 2.93. The molecule has 0 radical (unpaired) electrons. The van der Waals surface area contributed by atoms with Crippen LogP contribution in [0.2, 0.25) is 0 Å². The molecule has 0 aliphatic carbocycles. The summed E-state index contributed by atoms with van der Waals surface area (Å²) in [5.41, 5.74) is 1.08. The van der Waals surface area contributed by atoms with Crippen molar-refractivity contribution >= 4 is 28.3 Å². The first-order valence-electron chi connectivity index (χ1n) is 9.07. The number of anilines is 1. The van der Waals surface area contributed by atoms with Crippen LogP contribution in [0.15, 0.2) is 73.4 Å². The fraction of sp³-hybridized carbons (Fsp3) is 0.0952. The van der Waals surface area contributed by atoms with Gasteiger partial charge in [0, 0.05) is 24.7 Å². The highest BCUT2D eigenvalue weighted by Gasteiger charge is 2.11. The first kappa shape index (κ1) is 18.3. The van der Waals surface area contributed by atoms with Crippen molar-refractivity contribution in [3.05, 3.63) is 79.0 Å². The molecule has 8 heteroatoms. The lowest BCUT2D eigenvalue weighted by Gasteiger charge is -2.10. The molecule has 0 fully saturated rings. The Morgan fingerprint density at radius 1 is 1.00 bits per heavy atom. The smallest absolute Gasteiger partial charge is 0.251 e. The summed E-state index contributed by atoms with van der Waals surface area (Å²) < 4.78 is 1.47. The van der Waals surface area contributed by atoms with Crippen LogP contribution in [0.5, 0.6) is 0 Å². The Labute approximate surface area is 166 Å². The van der Waals surface area contributed by atoms with E-state index >= 15 is 0 Å². The van der Waals surface area contributed by atoms with Gasteiger partial charge < -0.3 is 10.6 Å². The maximum atomic E-state index is 12.4. The molecular weight excluding hydrogens is 368 g/mol. The van der Waals surface area contributed by atoms with Crippen molar-refractivity contribution in [3.63, 3.8) is 0 Å². The minimum atomic E-state index is -0.238. The lowest BCUT2D eigenvalue weighted by molar-refractivity contribution is -0.116. The van der Waals surface area contributed by atoms with E-state index in [2.05, 4.69) is 25.7 Å². The molecule has 0 bridgehead atoms. The summed E-state index contributed by atoms with van der Waals surface area (Å²) in [6, 6.07) is 16.8. The number of carbonyl (C=O) groups is 2. The Hall–Kier alpha value is -4.07. The Bertz CT molecular complexity index is 1160. The van der Waals surface area contributed by atoms with Crippen LogP contribution < -0.4 is 10.6 Å². The molecule has 0 unspecified atom stereocenters. The van der Waals surface area contributed by atoms with E-state index in [0.29, 0.717) is 17.1 Å². The van der Waals surface area contributed by atoms with Gasteiger partial charge in [0.05, 0.1) is 5.69 Å². The van der Waals surface area contributed by atoms with E-state index in [-0.39, 0.29) is 24.8 Å². The van der Waals surface area contributed by atoms with Crippen molar-refractivity contribution in [2.75, 3.05) is 11.9 Å². The SMILES string of the molecule is O=C(CCNC(=O)c1ccc2ccccc2c1)Nc1cccnc1-n1cncn1. The zero-order valence-electron chi connectivity index (χ0n) is 15.4. The molecule has 0 aliphatic heterocycles. The van der Waals surface area contributed by atoms with Gasteiger partial charge in [0.1, 0.15) is 12.7 Å². The van der Waals surface area contributed by atoms with Crippen LogP contribution in [0.1, 0.15) is 16.8 Å². The molecule has 2 aromatic heterocycles. The summed E-state index contributed by atoms with van der Waals surface area (Å²) in [5, 5.41) is 11.7. The minimum Gasteiger partial charge on any atom is -0.352 e. The number of nitrogens with zero attached hydrogens (tertiary/aromatic N) is 4. The van der Waals surface area contributed by atoms with Crippen LogP contribution in [0.4, 0.5) is 5.69 Å². The molecule has 0 saturated carbocycles. The van der Waals surface area contributed by atoms with Gasteiger partial charge in [0.2, 0.25) is 5.91 Å². The number of hydrogen-bond acceptors (Lipinski definition) is 5. The number of pyridine rings is 1. The van der Waals surface area contributed by atoms with E-state index in [4.69, 9.17) is 0 Å². The summed E-state index contributed by atoms with van der Waals surface area (Å²) in [4.78, 5) is 32.8. The number of amides is 2. The number of hydrogen-bond donors (Lipinski definition) is 2. The Morgan fingerprint density at radius 2 is 1.86 bits per heavy atom. The van der Waals surface area contributed by atoms with Gasteiger partial charge >= 0.3 is 0 Å². The monoisotopic (exact) mass is 386 g/mol. The second kappa shape index (κ2) is 8.30. The van der Waals surface area contributed by atoms with Gasteiger partial charge in [-0.2, -0.15) is 5.10 Å². The van der Waals surface area contributed by atoms with Crippen LogP contribution in [0.25, 0.3) is 16.6 Å². The van der Waals surface area contributed by atoms with Gasteiger partial charge in [0.25, 0.3) is 5.91 Å². The summed E-state index contributed by atoms with van der Waals surface area (Å²) >= 11 is 0. The van der Waals surface area contributed by atoms with E-state index < -0.39 is 0 Å².